The first-order valence-electron chi connectivity index (χ1n) is 5.39. The maximum atomic E-state index is 9.65. The molecule has 2 rings (SSSR count). The van der Waals surface area contributed by atoms with Crippen molar-refractivity contribution >= 4 is 22.6 Å². The third-order valence-corrected chi connectivity index (χ3v) is 3.48. The zero-order valence-electron chi connectivity index (χ0n) is 8.62. The lowest BCUT2D eigenvalue weighted by atomic mass is 10.2. The van der Waals surface area contributed by atoms with E-state index >= 15 is 0 Å². The first-order valence-corrected chi connectivity index (χ1v) is 6.47. The standard InChI is InChI=1S/C12H16INO/c13-11-5-1-9(2-6-11)7-14-8-12(15)10-3-4-10/h1-2,5-6,10,12,14-15H,3-4,7-8H2. The zero-order chi connectivity index (χ0) is 10.7. The van der Waals surface area contributed by atoms with Crippen molar-refractivity contribution < 1.29 is 5.11 Å². The van der Waals surface area contributed by atoms with Crippen LogP contribution in [0.1, 0.15) is 18.4 Å². The van der Waals surface area contributed by atoms with Crippen molar-refractivity contribution in [3.05, 3.63) is 33.4 Å². The van der Waals surface area contributed by atoms with Gasteiger partial charge in [-0.25, -0.2) is 0 Å². The minimum Gasteiger partial charge on any atom is -0.392 e. The van der Waals surface area contributed by atoms with Crippen LogP contribution in [0.4, 0.5) is 0 Å². The Kier molecular flexibility index (Phi) is 3.99. The van der Waals surface area contributed by atoms with Gasteiger partial charge in [0.2, 0.25) is 0 Å². The van der Waals surface area contributed by atoms with Gasteiger partial charge in [0.15, 0.2) is 0 Å². The van der Waals surface area contributed by atoms with Crippen LogP contribution in [0, 0.1) is 9.49 Å². The largest absolute Gasteiger partial charge is 0.392 e. The highest BCUT2D eigenvalue weighted by Crippen LogP contribution is 2.32. The van der Waals surface area contributed by atoms with E-state index in [0.29, 0.717) is 5.92 Å². The van der Waals surface area contributed by atoms with E-state index in [9.17, 15) is 5.11 Å². The summed E-state index contributed by atoms with van der Waals surface area (Å²) >= 11 is 2.30. The predicted molar refractivity (Wildman–Crippen MR) is 69.6 cm³/mol. The third-order valence-electron chi connectivity index (χ3n) is 2.76. The summed E-state index contributed by atoms with van der Waals surface area (Å²) < 4.78 is 1.26. The van der Waals surface area contributed by atoms with Gasteiger partial charge in [-0.05, 0) is 59.0 Å². The molecule has 82 valence electrons. The number of nitrogens with one attached hydrogen (secondary N) is 1. The average Bonchev–Trinajstić information content (AvgIpc) is 3.04. The Morgan fingerprint density at radius 1 is 1.33 bits per heavy atom. The van der Waals surface area contributed by atoms with Gasteiger partial charge in [-0.2, -0.15) is 0 Å². The molecule has 1 unspecified atom stereocenters. The lowest BCUT2D eigenvalue weighted by Gasteiger charge is -2.10. The Balaban J connectivity index is 1.70. The fourth-order valence-corrected chi connectivity index (χ4v) is 1.97. The van der Waals surface area contributed by atoms with Crippen LogP contribution in [0.25, 0.3) is 0 Å². The highest BCUT2D eigenvalue weighted by molar-refractivity contribution is 14.1. The van der Waals surface area contributed by atoms with Crippen molar-refractivity contribution in [1.29, 1.82) is 0 Å². The molecular weight excluding hydrogens is 301 g/mol. The summed E-state index contributed by atoms with van der Waals surface area (Å²) in [6.45, 7) is 1.57. The number of hydrogen-bond acceptors (Lipinski definition) is 2. The molecule has 0 radical (unpaired) electrons. The second-order valence-corrected chi connectivity index (χ2v) is 5.41. The normalized spacial score (nSPS) is 17.7. The summed E-state index contributed by atoms with van der Waals surface area (Å²) in [6.07, 6.45) is 2.26. The molecule has 0 bridgehead atoms. The first kappa shape index (κ1) is 11.4. The molecule has 0 heterocycles. The zero-order valence-corrected chi connectivity index (χ0v) is 10.8. The summed E-state index contributed by atoms with van der Waals surface area (Å²) in [5.74, 6) is 0.564. The minimum absolute atomic E-state index is 0.145. The number of aliphatic hydroxyl groups excluding tert-OH is 1. The predicted octanol–water partition coefficient (Wildman–Crippen LogP) is 2.15. The lowest BCUT2D eigenvalue weighted by Crippen LogP contribution is -2.27. The molecule has 0 amide bonds. The summed E-state index contributed by atoms with van der Waals surface area (Å²) in [4.78, 5) is 0. The van der Waals surface area contributed by atoms with E-state index < -0.39 is 0 Å². The van der Waals surface area contributed by atoms with E-state index in [0.717, 1.165) is 13.1 Å². The number of rotatable bonds is 5. The Morgan fingerprint density at radius 2 is 2.00 bits per heavy atom. The number of aliphatic hydroxyl groups is 1. The molecule has 1 aliphatic carbocycles. The summed E-state index contributed by atoms with van der Waals surface area (Å²) in [6, 6.07) is 8.46. The smallest absolute Gasteiger partial charge is 0.0692 e. The summed E-state index contributed by atoms with van der Waals surface area (Å²) in [7, 11) is 0. The maximum Gasteiger partial charge on any atom is 0.0692 e. The van der Waals surface area contributed by atoms with Gasteiger partial charge in [0.25, 0.3) is 0 Å². The van der Waals surface area contributed by atoms with Crippen LogP contribution < -0.4 is 5.32 Å². The second-order valence-electron chi connectivity index (χ2n) is 4.16. The van der Waals surface area contributed by atoms with Crippen LogP contribution in [0.3, 0.4) is 0 Å². The fourth-order valence-electron chi connectivity index (χ4n) is 1.61. The summed E-state index contributed by atoms with van der Waals surface area (Å²) in [5, 5.41) is 12.9. The van der Waals surface area contributed by atoms with Crippen molar-refractivity contribution in [3.63, 3.8) is 0 Å². The van der Waals surface area contributed by atoms with E-state index in [2.05, 4.69) is 52.2 Å². The Labute approximate surface area is 104 Å². The van der Waals surface area contributed by atoms with E-state index in [4.69, 9.17) is 0 Å². The topological polar surface area (TPSA) is 32.3 Å². The van der Waals surface area contributed by atoms with Crippen molar-refractivity contribution in [2.75, 3.05) is 6.54 Å². The van der Waals surface area contributed by atoms with Gasteiger partial charge in [-0.15, -0.1) is 0 Å². The van der Waals surface area contributed by atoms with Gasteiger partial charge in [-0.1, -0.05) is 12.1 Å². The highest BCUT2D eigenvalue weighted by Gasteiger charge is 2.28. The van der Waals surface area contributed by atoms with Gasteiger partial charge < -0.3 is 10.4 Å². The molecular formula is C12H16INO. The molecule has 1 saturated carbocycles. The fraction of sp³-hybridized carbons (Fsp3) is 0.500. The molecule has 1 aromatic rings. The monoisotopic (exact) mass is 317 g/mol. The van der Waals surface area contributed by atoms with Crippen LogP contribution >= 0.6 is 22.6 Å². The van der Waals surface area contributed by atoms with Gasteiger partial charge in [-0.3, -0.25) is 0 Å². The average molecular weight is 317 g/mol. The van der Waals surface area contributed by atoms with Gasteiger partial charge in [0.05, 0.1) is 6.10 Å². The Hall–Kier alpha value is -0.130. The number of halogens is 1. The molecule has 1 fully saturated rings. The van der Waals surface area contributed by atoms with Crippen LogP contribution in [-0.2, 0) is 6.54 Å². The second kappa shape index (κ2) is 5.27. The number of hydrogen-bond donors (Lipinski definition) is 2. The molecule has 0 spiro atoms. The van der Waals surface area contributed by atoms with Crippen molar-refractivity contribution in [2.24, 2.45) is 5.92 Å². The van der Waals surface area contributed by atoms with Crippen LogP contribution in [0.5, 0.6) is 0 Å². The van der Waals surface area contributed by atoms with E-state index in [1.165, 1.54) is 22.0 Å². The van der Waals surface area contributed by atoms with Crippen molar-refractivity contribution in [1.82, 2.24) is 5.32 Å². The molecule has 0 aromatic heterocycles. The maximum absolute atomic E-state index is 9.65. The number of benzene rings is 1. The molecule has 2 nitrogen and oxygen atoms in total. The van der Waals surface area contributed by atoms with E-state index in [-0.39, 0.29) is 6.10 Å². The van der Waals surface area contributed by atoms with Gasteiger partial charge in [0.1, 0.15) is 0 Å². The highest BCUT2D eigenvalue weighted by atomic mass is 127. The Morgan fingerprint density at radius 3 is 2.60 bits per heavy atom. The lowest BCUT2D eigenvalue weighted by molar-refractivity contribution is 0.148. The molecule has 1 aliphatic rings. The first-order chi connectivity index (χ1) is 7.25. The van der Waals surface area contributed by atoms with E-state index in [1.807, 2.05) is 0 Å². The molecule has 0 aliphatic heterocycles. The van der Waals surface area contributed by atoms with Crippen LogP contribution in [0.2, 0.25) is 0 Å². The third kappa shape index (κ3) is 3.74. The molecule has 1 aromatic carbocycles. The minimum atomic E-state index is -0.145. The molecule has 15 heavy (non-hydrogen) atoms. The molecule has 1 atom stereocenters. The molecule has 2 N–H and O–H groups in total. The summed E-state index contributed by atoms with van der Waals surface area (Å²) in [5.41, 5.74) is 1.28. The Bertz CT molecular complexity index is 308. The SMILES string of the molecule is OC(CNCc1ccc(I)cc1)C1CC1. The van der Waals surface area contributed by atoms with Gasteiger partial charge >= 0.3 is 0 Å². The van der Waals surface area contributed by atoms with Crippen molar-refractivity contribution in [2.45, 2.75) is 25.5 Å². The molecule has 3 heteroatoms. The quantitative estimate of drug-likeness (QED) is 0.816. The van der Waals surface area contributed by atoms with E-state index in [1.54, 1.807) is 0 Å². The van der Waals surface area contributed by atoms with Crippen LogP contribution in [0.15, 0.2) is 24.3 Å². The van der Waals surface area contributed by atoms with Crippen molar-refractivity contribution in [3.8, 4) is 0 Å². The molecule has 0 saturated heterocycles. The van der Waals surface area contributed by atoms with Crippen LogP contribution in [-0.4, -0.2) is 17.8 Å². The van der Waals surface area contributed by atoms with Gasteiger partial charge in [0, 0.05) is 16.7 Å².